The molecular formula is C34H38Dy2N4O16. The summed E-state index contributed by atoms with van der Waals surface area (Å²) in [4.78, 5) is 24.8. The van der Waals surface area contributed by atoms with Crippen molar-refractivity contribution in [1.82, 2.24) is 0 Å². The molecule has 4 aromatic rings. The molecule has 4 aromatic carbocycles. The van der Waals surface area contributed by atoms with E-state index >= 15 is 0 Å². The summed E-state index contributed by atoms with van der Waals surface area (Å²) < 4.78 is 20.1. The molecule has 0 amide bonds. The van der Waals surface area contributed by atoms with Gasteiger partial charge in [0.05, 0.1) is 51.7 Å². The number of hydrogen-bond acceptors (Lipinski definition) is 18. The Morgan fingerprint density at radius 1 is 0.554 bits per heavy atom. The molecule has 0 unspecified atom stereocenters. The standard InChI is InChI=1S/2C16H17NO4.2CH4O.2Dy.2NO3/c2*1-20-13-6-7-14(18)12(8-13)10-17-9-11-4-3-5-15(21-2)16(11)19;2*1-2;;;2*2-1(3)4/h2*3-8,10,18-19H,9H2,1-2H3;2*2H,1H3;;;;/q;;;;2*+3;2*-1/p-4. The first kappa shape index (κ1) is 58.2. The molecule has 20 nitrogen and oxygen atoms in total. The Morgan fingerprint density at radius 2 is 0.857 bits per heavy atom. The zero-order valence-electron chi connectivity index (χ0n) is 30.5. The second kappa shape index (κ2) is 34.9. The molecule has 0 aromatic heterocycles. The van der Waals surface area contributed by atoms with E-state index in [0.29, 0.717) is 33.8 Å². The fraction of sp³-hybridized carbons (Fsp3) is 0.235. The number of ether oxygens (including phenoxy) is 4. The molecule has 2 N–H and O–H groups in total. The van der Waals surface area contributed by atoms with E-state index in [2.05, 4.69) is 9.98 Å². The number of para-hydroxylation sites is 2. The number of aliphatic hydroxyl groups excluding tert-OH is 2. The van der Waals surface area contributed by atoms with Gasteiger partial charge in [0.2, 0.25) is 0 Å². The van der Waals surface area contributed by atoms with Crippen LogP contribution in [0.1, 0.15) is 22.3 Å². The second-order valence-corrected chi connectivity index (χ2v) is 9.09. The van der Waals surface area contributed by atoms with Crippen LogP contribution in [0.2, 0.25) is 0 Å². The van der Waals surface area contributed by atoms with E-state index in [4.69, 9.17) is 59.8 Å². The van der Waals surface area contributed by atoms with Crippen molar-refractivity contribution in [1.29, 1.82) is 0 Å². The van der Waals surface area contributed by atoms with Gasteiger partial charge in [0.25, 0.3) is 0 Å². The Hall–Kier alpha value is -4.51. The summed E-state index contributed by atoms with van der Waals surface area (Å²) >= 11 is 0. The molecule has 0 saturated heterocycles. The number of aliphatic hydroxyl groups is 2. The first-order valence-corrected chi connectivity index (χ1v) is 14.7. The fourth-order valence-corrected chi connectivity index (χ4v) is 3.69. The molecular weight excluding hydrogens is 1050 g/mol. The molecule has 0 atom stereocenters. The zero-order valence-corrected chi connectivity index (χ0v) is 34.6. The topological polar surface area (TPSA) is 327 Å². The van der Waals surface area contributed by atoms with E-state index in [0.717, 1.165) is 14.2 Å². The predicted octanol–water partition coefficient (Wildman–Crippen LogP) is 1.68. The van der Waals surface area contributed by atoms with Crippen LogP contribution in [0.3, 0.4) is 0 Å². The second-order valence-electron chi connectivity index (χ2n) is 9.09. The molecule has 310 valence electrons. The quantitative estimate of drug-likeness (QED) is 0.130. The van der Waals surface area contributed by atoms with E-state index in [1.54, 1.807) is 60.7 Å². The first-order valence-electron chi connectivity index (χ1n) is 14.7. The summed E-state index contributed by atoms with van der Waals surface area (Å²) in [5.74, 6) is 1.07. The van der Waals surface area contributed by atoms with Gasteiger partial charge in [0.15, 0.2) is 0 Å². The van der Waals surface area contributed by atoms with Gasteiger partial charge in [-0.25, -0.2) is 0 Å². The van der Waals surface area contributed by atoms with Crippen LogP contribution in [0.5, 0.6) is 46.0 Å². The number of aliphatic imine (C=N–C) groups is 2. The summed E-state index contributed by atoms with van der Waals surface area (Å²) in [5.41, 5.74) is 1.87. The van der Waals surface area contributed by atoms with Crippen LogP contribution in [-0.2, 0) is 13.1 Å². The van der Waals surface area contributed by atoms with Crippen LogP contribution in [0.15, 0.2) is 82.8 Å². The molecule has 0 aliphatic rings. The minimum atomic E-state index is -1.75. The van der Waals surface area contributed by atoms with Crippen LogP contribution >= 0.6 is 0 Å². The van der Waals surface area contributed by atoms with Crippen LogP contribution in [0, 0.1) is 107 Å². The Morgan fingerprint density at radius 3 is 1.12 bits per heavy atom. The predicted molar refractivity (Wildman–Crippen MR) is 189 cm³/mol. The van der Waals surface area contributed by atoms with Gasteiger partial charge in [-0.05, 0) is 58.7 Å². The van der Waals surface area contributed by atoms with Crippen LogP contribution in [-0.4, -0.2) is 75.5 Å². The summed E-state index contributed by atoms with van der Waals surface area (Å²) in [6, 6.07) is 19.3. The third-order valence-corrected chi connectivity index (χ3v) is 5.98. The molecule has 22 heteroatoms. The Labute approximate surface area is 382 Å². The first-order chi connectivity index (χ1) is 25.8. The van der Waals surface area contributed by atoms with Crippen molar-refractivity contribution in [2.45, 2.75) is 13.1 Å². The molecule has 2 radical (unpaired) electrons. The number of nitrogens with zero attached hydrogens (tertiary/aromatic N) is 4. The average molecular weight is 1080 g/mol. The maximum Gasteiger partial charge on any atom is 3.00 e. The van der Waals surface area contributed by atoms with E-state index in [9.17, 15) is 20.4 Å². The Balaban J connectivity index is -0.000000366. The third kappa shape index (κ3) is 24.1. The van der Waals surface area contributed by atoms with Gasteiger partial charge >= 0.3 is 76.3 Å². The van der Waals surface area contributed by atoms with Gasteiger partial charge < -0.3 is 80.2 Å². The van der Waals surface area contributed by atoms with E-state index in [1.807, 2.05) is 0 Å². The van der Waals surface area contributed by atoms with Crippen molar-refractivity contribution >= 4 is 12.4 Å². The maximum absolute atomic E-state index is 11.9. The smallest absolute Gasteiger partial charge is 0.872 e. The van der Waals surface area contributed by atoms with Gasteiger partial charge in [0, 0.05) is 26.6 Å². The largest absolute Gasteiger partial charge is 3.00 e. The molecule has 0 bridgehead atoms. The molecule has 0 heterocycles. The molecule has 4 rings (SSSR count). The van der Waals surface area contributed by atoms with Crippen molar-refractivity contribution in [3.63, 3.8) is 0 Å². The van der Waals surface area contributed by atoms with Crippen molar-refractivity contribution in [3.8, 4) is 46.0 Å². The third-order valence-electron chi connectivity index (χ3n) is 5.98. The monoisotopic (exact) mass is 1090 g/mol. The number of methoxy groups -OCH3 is 4. The molecule has 0 saturated carbocycles. The van der Waals surface area contributed by atoms with E-state index in [-0.39, 0.29) is 124 Å². The number of hydrogen-bond donors (Lipinski definition) is 2. The Kier molecular flexibility index (Phi) is 36.3. The average Bonchev–Trinajstić information content (AvgIpc) is 3.16. The van der Waals surface area contributed by atoms with Crippen molar-refractivity contribution in [3.05, 3.63) is 126 Å². The molecule has 0 aliphatic heterocycles. The summed E-state index contributed by atoms with van der Waals surface area (Å²) in [7, 11) is 7.95. The maximum atomic E-state index is 11.9. The van der Waals surface area contributed by atoms with Gasteiger partial charge in [-0.1, -0.05) is 59.4 Å². The SMILES string of the molecule is CO.CO.COc1ccc([O-])c(C=NCc2cccc(OC)c2[O-])c1.COc1ccc([O-])c(C=NCc2cccc(OC)c2[O-])c1.O=[N+]([O-])[O-].O=[N+]([O-])[O-].[Dy+3].[Dy+3]. The van der Waals surface area contributed by atoms with E-state index < -0.39 is 10.2 Å². The number of rotatable bonds is 10. The minimum absolute atomic E-state index is 0. The van der Waals surface area contributed by atoms with Crippen molar-refractivity contribution in [2.24, 2.45) is 9.98 Å². The summed E-state index contributed by atoms with van der Waals surface area (Å²) in [6.07, 6.45) is 2.90. The molecule has 0 aliphatic carbocycles. The van der Waals surface area contributed by atoms with Crippen LogP contribution < -0.4 is 39.4 Å². The normalized spacial score (nSPS) is 9.14. The fourth-order valence-electron chi connectivity index (χ4n) is 3.69. The molecule has 0 spiro atoms. The van der Waals surface area contributed by atoms with Crippen LogP contribution in [0.4, 0.5) is 0 Å². The summed E-state index contributed by atoms with van der Waals surface area (Å²) in [6.45, 7) is 0.374. The van der Waals surface area contributed by atoms with Gasteiger partial charge in [-0.3, -0.25) is 9.98 Å². The van der Waals surface area contributed by atoms with Gasteiger partial charge in [-0.2, -0.15) is 0 Å². The molecule has 0 fully saturated rings. The summed E-state index contributed by atoms with van der Waals surface area (Å²) in [5, 5.41) is 90.7. The van der Waals surface area contributed by atoms with Crippen molar-refractivity contribution in [2.75, 3.05) is 42.7 Å². The van der Waals surface area contributed by atoms with Gasteiger partial charge in [0.1, 0.15) is 23.0 Å². The van der Waals surface area contributed by atoms with E-state index in [1.165, 1.54) is 53.0 Å². The zero-order chi connectivity index (χ0) is 41.6. The van der Waals surface area contributed by atoms with Gasteiger partial charge in [-0.15, -0.1) is 0 Å². The molecule has 56 heavy (non-hydrogen) atoms. The van der Waals surface area contributed by atoms with Crippen LogP contribution in [0.25, 0.3) is 0 Å². The number of benzene rings is 4. The Bertz CT molecular complexity index is 1630. The minimum Gasteiger partial charge on any atom is -0.872 e. The van der Waals surface area contributed by atoms with Crippen molar-refractivity contribution < 1.29 is 136 Å².